The number of amides is 2. The van der Waals surface area contributed by atoms with Crippen LogP contribution in [0.25, 0.3) is 5.65 Å². The maximum atomic E-state index is 13.1. The number of H-pyrrole nitrogens is 1. The Bertz CT molecular complexity index is 1240. The third-order valence-corrected chi connectivity index (χ3v) is 5.80. The predicted octanol–water partition coefficient (Wildman–Crippen LogP) is 2.80. The lowest BCUT2D eigenvalue weighted by molar-refractivity contribution is 0.0203. The van der Waals surface area contributed by atoms with Gasteiger partial charge >= 0.3 is 6.09 Å². The van der Waals surface area contributed by atoms with Crippen molar-refractivity contribution in [1.29, 1.82) is 0 Å². The number of carbonyl (C=O) groups excluding carboxylic acids is 2. The van der Waals surface area contributed by atoms with E-state index >= 15 is 0 Å². The summed E-state index contributed by atoms with van der Waals surface area (Å²) in [6, 6.07) is 7.07. The van der Waals surface area contributed by atoms with Gasteiger partial charge in [0.2, 0.25) is 0 Å². The summed E-state index contributed by atoms with van der Waals surface area (Å²) in [4.78, 5) is 48.3. The average Bonchev–Trinajstić information content (AvgIpc) is 3.21. The lowest BCUT2D eigenvalue weighted by Gasteiger charge is -2.33. The Morgan fingerprint density at radius 2 is 1.97 bits per heavy atom. The van der Waals surface area contributed by atoms with Gasteiger partial charge in [0, 0.05) is 38.3 Å². The number of pyridine rings is 1. The van der Waals surface area contributed by atoms with Gasteiger partial charge in [-0.2, -0.15) is 5.10 Å². The molecule has 3 aromatic rings. The molecule has 0 bridgehead atoms. The Kier molecular flexibility index (Phi) is 6.41. The van der Waals surface area contributed by atoms with Crippen LogP contribution in [0.15, 0.2) is 41.5 Å². The molecule has 0 radical (unpaired) electrons. The van der Waals surface area contributed by atoms with Gasteiger partial charge < -0.3 is 19.5 Å². The van der Waals surface area contributed by atoms with E-state index in [2.05, 4.69) is 15.1 Å². The van der Waals surface area contributed by atoms with Gasteiger partial charge in [-0.15, -0.1) is 0 Å². The zero-order valence-electron chi connectivity index (χ0n) is 19.9. The molecular weight excluding hydrogens is 436 g/mol. The van der Waals surface area contributed by atoms with Crippen LogP contribution < -0.4 is 5.56 Å². The fourth-order valence-electron chi connectivity index (χ4n) is 4.16. The number of hydrogen-bond donors (Lipinski definition) is 1. The van der Waals surface area contributed by atoms with Crippen LogP contribution in [0.2, 0.25) is 0 Å². The molecule has 0 unspecified atom stereocenters. The first-order valence-electron chi connectivity index (χ1n) is 11.4. The molecule has 0 aromatic carbocycles. The molecule has 2 amide bonds. The molecule has 0 saturated carbocycles. The molecule has 1 saturated heterocycles. The summed E-state index contributed by atoms with van der Waals surface area (Å²) in [5, 5.41) is 4.43. The van der Waals surface area contributed by atoms with Crippen molar-refractivity contribution >= 4 is 17.6 Å². The fourth-order valence-corrected chi connectivity index (χ4v) is 4.16. The molecule has 180 valence electrons. The molecule has 0 spiro atoms. The molecule has 10 heteroatoms. The molecule has 3 aromatic heterocycles. The second-order valence-electron chi connectivity index (χ2n) is 9.60. The van der Waals surface area contributed by atoms with Crippen LogP contribution in [0, 0.1) is 0 Å². The molecule has 1 aliphatic heterocycles. The molecule has 10 nitrogen and oxygen atoms in total. The maximum absolute atomic E-state index is 13.1. The van der Waals surface area contributed by atoms with Crippen LogP contribution in [0.5, 0.6) is 0 Å². The summed E-state index contributed by atoms with van der Waals surface area (Å²) in [6.07, 6.45) is 4.17. The van der Waals surface area contributed by atoms with Gasteiger partial charge in [0.1, 0.15) is 16.8 Å². The number of aromatic amines is 1. The minimum Gasteiger partial charge on any atom is -0.444 e. The molecule has 0 atom stereocenters. The van der Waals surface area contributed by atoms with Crippen molar-refractivity contribution in [3.05, 3.63) is 64.0 Å². The Labute approximate surface area is 197 Å². The quantitative estimate of drug-likeness (QED) is 0.633. The van der Waals surface area contributed by atoms with E-state index in [1.807, 2.05) is 39.0 Å². The van der Waals surface area contributed by atoms with E-state index in [1.165, 1.54) is 12.3 Å². The predicted molar refractivity (Wildman–Crippen MR) is 126 cm³/mol. The summed E-state index contributed by atoms with van der Waals surface area (Å²) >= 11 is 0. The number of likely N-dealkylation sites (tertiary alicyclic amines) is 1. The normalized spacial score (nSPS) is 14.9. The summed E-state index contributed by atoms with van der Waals surface area (Å²) in [7, 11) is 1.69. The Hall–Kier alpha value is -3.69. The van der Waals surface area contributed by atoms with Crippen molar-refractivity contribution in [2.24, 2.45) is 0 Å². The van der Waals surface area contributed by atoms with Crippen molar-refractivity contribution in [1.82, 2.24) is 29.4 Å². The van der Waals surface area contributed by atoms with Crippen LogP contribution in [0.3, 0.4) is 0 Å². The number of rotatable bonds is 4. The highest BCUT2D eigenvalue weighted by molar-refractivity contribution is 5.99. The highest BCUT2D eigenvalue weighted by atomic mass is 16.6. The van der Waals surface area contributed by atoms with E-state index in [0.29, 0.717) is 43.7 Å². The van der Waals surface area contributed by atoms with Gasteiger partial charge in [0.05, 0.1) is 24.1 Å². The standard InChI is InChI=1S/C24H30N6O4/c1-24(2,3)34-23(33)29-11-8-16(9-12-29)19-13-20(31)27-21-18(14-26-30(19)21)22(32)28(4)15-17-7-5-6-10-25-17/h5-7,10,13-14,16H,8-9,11-12,15H2,1-4H3,(H,27,31). The number of aromatic nitrogens is 4. The average molecular weight is 467 g/mol. The van der Waals surface area contributed by atoms with Crippen LogP contribution in [-0.2, 0) is 11.3 Å². The molecule has 1 N–H and O–H groups in total. The number of piperidine rings is 1. The van der Waals surface area contributed by atoms with Gasteiger partial charge in [0.15, 0.2) is 0 Å². The van der Waals surface area contributed by atoms with Crippen molar-refractivity contribution in [3.8, 4) is 0 Å². The fraction of sp³-hybridized carbons (Fsp3) is 0.458. The SMILES string of the molecule is CN(Cc1ccccn1)C(=O)c1cnn2c(C3CCN(C(=O)OC(C)(C)C)CC3)cc(=O)[nH]c12. The molecule has 0 aliphatic carbocycles. The Balaban J connectivity index is 1.53. The van der Waals surface area contributed by atoms with Crippen LogP contribution >= 0.6 is 0 Å². The first kappa shape index (κ1) is 23.5. The zero-order chi connectivity index (χ0) is 24.5. The summed E-state index contributed by atoms with van der Waals surface area (Å²) in [6.45, 7) is 6.91. The first-order chi connectivity index (χ1) is 16.1. The number of ether oxygens (including phenoxy) is 1. The van der Waals surface area contributed by atoms with Crippen LogP contribution in [0.1, 0.15) is 61.3 Å². The Morgan fingerprint density at radius 3 is 2.62 bits per heavy atom. The Morgan fingerprint density at radius 1 is 1.24 bits per heavy atom. The minimum absolute atomic E-state index is 0.0255. The lowest BCUT2D eigenvalue weighted by atomic mass is 9.93. The zero-order valence-corrected chi connectivity index (χ0v) is 19.9. The summed E-state index contributed by atoms with van der Waals surface area (Å²) in [5.74, 6) is -0.231. The van der Waals surface area contributed by atoms with E-state index in [4.69, 9.17) is 4.74 Å². The van der Waals surface area contributed by atoms with Gasteiger partial charge in [-0.25, -0.2) is 9.31 Å². The van der Waals surface area contributed by atoms with E-state index in [1.54, 1.807) is 27.6 Å². The number of nitrogens with one attached hydrogen (secondary N) is 1. The van der Waals surface area contributed by atoms with Crippen molar-refractivity contribution in [3.63, 3.8) is 0 Å². The maximum Gasteiger partial charge on any atom is 0.410 e. The third-order valence-electron chi connectivity index (χ3n) is 5.80. The molecule has 4 heterocycles. The van der Waals surface area contributed by atoms with E-state index < -0.39 is 5.60 Å². The van der Waals surface area contributed by atoms with Gasteiger partial charge in [-0.3, -0.25) is 14.6 Å². The van der Waals surface area contributed by atoms with Crippen LogP contribution in [-0.4, -0.2) is 67.1 Å². The minimum atomic E-state index is -0.547. The highest BCUT2D eigenvalue weighted by Gasteiger charge is 2.29. The molecule has 34 heavy (non-hydrogen) atoms. The van der Waals surface area contributed by atoms with E-state index in [0.717, 1.165) is 11.4 Å². The second-order valence-corrected chi connectivity index (χ2v) is 9.60. The van der Waals surface area contributed by atoms with Crippen LogP contribution in [0.4, 0.5) is 4.79 Å². The first-order valence-corrected chi connectivity index (χ1v) is 11.4. The molecule has 1 aliphatic rings. The molecule has 1 fully saturated rings. The number of nitrogens with zero attached hydrogens (tertiary/aromatic N) is 5. The van der Waals surface area contributed by atoms with E-state index in [-0.39, 0.29) is 23.5 Å². The summed E-state index contributed by atoms with van der Waals surface area (Å²) in [5.41, 5.74) is 1.35. The van der Waals surface area contributed by atoms with Crippen molar-refractivity contribution < 1.29 is 14.3 Å². The smallest absolute Gasteiger partial charge is 0.410 e. The second kappa shape index (κ2) is 9.28. The van der Waals surface area contributed by atoms with Crippen molar-refractivity contribution in [2.75, 3.05) is 20.1 Å². The van der Waals surface area contributed by atoms with E-state index in [9.17, 15) is 14.4 Å². The van der Waals surface area contributed by atoms with Gasteiger partial charge in [-0.05, 0) is 45.7 Å². The number of hydrogen-bond acceptors (Lipinski definition) is 6. The lowest BCUT2D eigenvalue weighted by Crippen LogP contribution is -2.41. The number of fused-ring (bicyclic) bond motifs is 1. The highest BCUT2D eigenvalue weighted by Crippen LogP contribution is 2.28. The summed E-state index contributed by atoms with van der Waals surface area (Å²) < 4.78 is 7.11. The topological polar surface area (TPSA) is 113 Å². The number of carbonyl (C=O) groups is 2. The third kappa shape index (κ3) is 5.11. The van der Waals surface area contributed by atoms with Crippen molar-refractivity contribution in [2.45, 2.75) is 51.7 Å². The monoisotopic (exact) mass is 466 g/mol. The molecular formula is C24H30N6O4. The largest absolute Gasteiger partial charge is 0.444 e. The van der Waals surface area contributed by atoms with Gasteiger partial charge in [0.25, 0.3) is 11.5 Å². The molecule has 4 rings (SSSR count). The van der Waals surface area contributed by atoms with Gasteiger partial charge in [-0.1, -0.05) is 6.07 Å².